The van der Waals surface area contributed by atoms with E-state index in [1.54, 1.807) is 18.2 Å². The molecule has 26 heavy (non-hydrogen) atoms. The van der Waals surface area contributed by atoms with E-state index in [1.807, 2.05) is 0 Å². The highest BCUT2D eigenvalue weighted by Crippen LogP contribution is 2.40. The van der Waals surface area contributed by atoms with Crippen LogP contribution >= 0.6 is 0 Å². The van der Waals surface area contributed by atoms with Gasteiger partial charge in [-0.2, -0.15) is 0 Å². The molecule has 0 aliphatic heterocycles. The smallest absolute Gasteiger partial charge is 0.309 e. The van der Waals surface area contributed by atoms with Crippen LogP contribution in [0.4, 0.5) is 0 Å². The van der Waals surface area contributed by atoms with Crippen molar-refractivity contribution in [3.63, 3.8) is 0 Å². The van der Waals surface area contributed by atoms with Crippen LogP contribution in [0.3, 0.4) is 0 Å². The Morgan fingerprint density at radius 3 is 2.38 bits per heavy atom. The molecule has 0 aromatic heterocycles. The maximum absolute atomic E-state index is 12.5. The zero-order chi connectivity index (χ0) is 18.7. The Hall–Kier alpha value is -2.37. The predicted molar refractivity (Wildman–Crippen MR) is 93.4 cm³/mol. The van der Waals surface area contributed by atoms with Crippen molar-refractivity contribution in [3.05, 3.63) is 23.8 Å². The standard InChI is InChI=1S/C20H24O6/c1-24-15-6-7-18(25-2)16(10-15)17(21)11-26-20(23)14-8-12-4-3-5-13(9-14)19(12)22/h6-7,10,12-14H,3-5,8-9,11H2,1-2H3/t12-,13-/m0/s1. The number of methoxy groups -OCH3 is 2. The Morgan fingerprint density at radius 1 is 1.08 bits per heavy atom. The van der Waals surface area contributed by atoms with Crippen molar-refractivity contribution < 1.29 is 28.6 Å². The molecule has 6 nitrogen and oxygen atoms in total. The van der Waals surface area contributed by atoms with Gasteiger partial charge in [-0.1, -0.05) is 6.42 Å². The number of carbonyl (C=O) groups excluding carboxylic acids is 3. The number of Topliss-reactive ketones (excluding diaryl/α,β-unsaturated/α-hetero) is 2. The summed E-state index contributed by atoms with van der Waals surface area (Å²) in [5.74, 6) is 0.179. The van der Waals surface area contributed by atoms with E-state index in [1.165, 1.54) is 14.2 Å². The van der Waals surface area contributed by atoms with Gasteiger partial charge >= 0.3 is 5.97 Å². The lowest BCUT2D eigenvalue weighted by Crippen LogP contribution is -2.39. The Labute approximate surface area is 152 Å². The number of ether oxygens (including phenoxy) is 3. The minimum absolute atomic E-state index is 0.0192. The van der Waals surface area contributed by atoms with Crippen LogP contribution in [0.2, 0.25) is 0 Å². The van der Waals surface area contributed by atoms with Crippen LogP contribution in [-0.2, 0) is 14.3 Å². The van der Waals surface area contributed by atoms with Gasteiger partial charge in [-0.15, -0.1) is 0 Å². The molecule has 2 atom stereocenters. The topological polar surface area (TPSA) is 78.9 Å². The van der Waals surface area contributed by atoms with Crippen molar-refractivity contribution in [2.45, 2.75) is 32.1 Å². The fraction of sp³-hybridized carbons (Fsp3) is 0.550. The molecule has 0 amide bonds. The van der Waals surface area contributed by atoms with E-state index in [0.717, 1.165) is 19.3 Å². The zero-order valence-electron chi connectivity index (χ0n) is 15.2. The third-order valence-electron chi connectivity index (χ3n) is 5.43. The Morgan fingerprint density at radius 2 is 1.77 bits per heavy atom. The normalized spacial score (nSPS) is 24.7. The van der Waals surface area contributed by atoms with Crippen LogP contribution in [0.15, 0.2) is 18.2 Å². The first kappa shape index (κ1) is 18.4. The second-order valence-electron chi connectivity index (χ2n) is 6.99. The molecule has 0 radical (unpaired) electrons. The van der Waals surface area contributed by atoms with Crippen LogP contribution in [0.1, 0.15) is 42.5 Å². The summed E-state index contributed by atoms with van der Waals surface area (Å²) in [6.07, 6.45) is 3.87. The Balaban J connectivity index is 1.61. The molecular formula is C20H24O6. The first-order valence-electron chi connectivity index (χ1n) is 8.99. The van der Waals surface area contributed by atoms with Crippen molar-refractivity contribution in [1.29, 1.82) is 0 Å². The highest BCUT2D eigenvalue weighted by molar-refractivity contribution is 6.00. The number of esters is 1. The van der Waals surface area contributed by atoms with Crippen molar-refractivity contribution in [2.24, 2.45) is 17.8 Å². The number of hydrogen-bond donors (Lipinski definition) is 0. The van der Waals surface area contributed by atoms with E-state index in [4.69, 9.17) is 14.2 Å². The minimum atomic E-state index is -0.385. The van der Waals surface area contributed by atoms with Crippen molar-refractivity contribution in [2.75, 3.05) is 20.8 Å². The van der Waals surface area contributed by atoms with Gasteiger partial charge in [0.2, 0.25) is 5.78 Å². The predicted octanol–water partition coefficient (Wildman–Crippen LogP) is 2.83. The Kier molecular flexibility index (Phi) is 5.59. The van der Waals surface area contributed by atoms with Crippen molar-refractivity contribution in [3.8, 4) is 11.5 Å². The number of benzene rings is 1. The lowest BCUT2D eigenvalue weighted by molar-refractivity contribution is -0.152. The van der Waals surface area contributed by atoms with E-state index in [9.17, 15) is 14.4 Å². The molecule has 1 aromatic carbocycles. The molecule has 0 spiro atoms. The van der Waals surface area contributed by atoms with Gasteiger partial charge in [0.15, 0.2) is 6.61 Å². The largest absolute Gasteiger partial charge is 0.497 e. The molecule has 2 fully saturated rings. The Bertz CT molecular complexity index is 694. The van der Waals surface area contributed by atoms with Gasteiger partial charge in [-0.05, 0) is 43.9 Å². The second kappa shape index (κ2) is 7.89. The molecule has 0 heterocycles. The highest BCUT2D eigenvalue weighted by atomic mass is 16.5. The summed E-state index contributed by atoms with van der Waals surface area (Å²) in [7, 11) is 2.99. The average Bonchev–Trinajstić information content (AvgIpc) is 2.65. The molecule has 0 N–H and O–H groups in total. The number of ketones is 2. The summed E-state index contributed by atoms with van der Waals surface area (Å²) in [5.41, 5.74) is 0.315. The molecule has 0 unspecified atom stereocenters. The maximum atomic E-state index is 12.5. The van der Waals surface area contributed by atoms with Gasteiger partial charge in [0.05, 0.1) is 25.7 Å². The molecule has 2 aliphatic carbocycles. The third kappa shape index (κ3) is 3.74. The van der Waals surface area contributed by atoms with Gasteiger partial charge in [-0.3, -0.25) is 14.4 Å². The number of rotatable bonds is 6. The average molecular weight is 360 g/mol. The fourth-order valence-corrected chi connectivity index (χ4v) is 4.04. The first-order chi connectivity index (χ1) is 12.5. The summed E-state index contributed by atoms with van der Waals surface area (Å²) in [4.78, 5) is 37.0. The van der Waals surface area contributed by atoms with Crippen LogP contribution in [0.5, 0.6) is 11.5 Å². The lowest BCUT2D eigenvalue weighted by atomic mass is 9.67. The number of fused-ring (bicyclic) bond motifs is 2. The van der Waals surface area contributed by atoms with Gasteiger partial charge in [0.25, 0.3) is 0 Å². The van der Waals surface area contributed by atoms with E-state index < -0.39 is 0 Å². The molecule has 6 heteroatoms. The molecule has 2 aliphatic rings. The SMILES string of the molecule is COc1ccc(OC)c(C(=O)COC(=O)C2C[C@@H]3CCC[C@@H](C2)C3=O)c1. The van der Waals surface area contributed by atoms with Gasteiger partial charge in [0.1, 0.15) is 17.3 Å². The second-order valence-corrected chi connectivity index (χ2v) is 6.99. The molecule has 2 saturated carbocycles. The monoisotopic (exact) mass is 360 g/mol. The molecular weight excluding hydrogens is 336 g/mol. The summed E-state index contributed by atoms with van der Waals surface area (Å²) in [6.45, 7) is -0.345. The summed E-state index contributed by atoms with van der Waals surface area (Å²) in [5, 5.41) is 0. The van der Waals surface area contributed by atoms with E-state index >= 15 is 0 Å². The molecule has 0 saturated heterocycles. The number of carbonyl (C=O) groups is 3. The summed E-state index contributed by atoms with van der Waals surface area (Å²) in [6, 6.07) is 4.90. The summed E-state index contributed by atoms with van der Waals surface area (Å²) < 4.78 is 15.6. The number of hydrogen-bond acceptors (Lipinski definition) is 6. The third-order valence-corrected chi connectivity index (χ3v) is 5.43. The minimum Gasteiger partial charge on any atom is -0.497 e. The maximum Gasteiger partial charge on any atom is 0.309 e. The van der Waals surface area contributed by atoms with E-state index in [2.05, 4.69) is 0 Å². The molecule has 140 valence electrons. The van der Waals surface area contributed by atoms with Crippen LogP contribution in [-0.4, -0.2) is 38.4 Å². The van der Waals surface area contributed by atoms with Crippen molar-refractivity contribution in [1.82, 2.24) is 0 Å². The van der Waals surface area contributed by atoms with Crippen LogP contribution in [0.25, 0.3) is 0 Å². The van der Waals surface area contributed by atoms with Crippen molar-refractivity contribution >= 4 is 17.5 Å². The van der Waals surface area contributed by atoms with Crippen LogP contribution < -0.4 is 9.47 Å². The lowest BCUT2D eigenvalue weighted by Gasteiger charge is -2.36. The van der Waals surface area contributed by atoms with Gasteiger partial charge in [-0.25, -0.2) is 0 Å². The van der Waals surface area contributed by atoms with E-state index in [-0.39, 0.29) is 36.1 Å². The van der Waals surface area contributed by atoms with Gasteiger partial charge < -0.3 is 14.2 Å². The van der Waals surface area contributed by atoms with Crippen LogP contribution in [0, 0.1) is 17.8 Å². The summed E-state index contributed by atoms with van der Waals surface area (Å²) >= 11 is 0. The fourth-order valence-electron chi connectivity index (χ4n) is 4.04. The molecule has 1 aromatic rings. The quantitative estimate of drug-likeness (QED) is 0.573. The molecule has 3 rings (SSSR count). The van der Waals surface area contributed by atoms with E-state index in [0.29, 0.717) is 35.7 Å². The molecule has 2 bridgehead atoms. The zero-order valence-corrected chi connectivity index (χ0v) is 15.2. The first-order valence-corrected chi connectivity index (χ1v) is 8.99. The van der Waals surface area contributed by atoms with Gasteiger partial charge in [0, 0.05) is 11.8 Å². The highest BCUT2D eigenvalue weighted by Gasteiger charge is 2.41.